The minimum Gasteiger partial charge on any atom is -0.310 e. The highest BCUT2D eigenvalue weighted by atomic mass is 79.9. The summed E-state index contributed by atoms with van der Waals surface area (Å²) < 4.78 is 14.4. The predicted octanol–water partition coefficient (Wildman–Crippen LogP) is 4.44. The molecule has 106 valence electrons. The van der Waals surface area contributed by atoms with Gasteiger partial charge in [0, 0.05) is 28.3 Å². The molecule has 20 heavy (non-hydrogen) atoms. The molecular weight excluding hydrogens is 319 g/mol. The van der Waals surface area contributed by atoms with Crippen LogP contribution in [0, 0.1) is 5.82 Å². The van der Waals surface area contributed by atoms with E-state index in [1.807, 2.05) is 31.2 Å². The Morgan fingerprint density at radius 2 is 2.10 bits per heavy atom. The normalized spacial score (nSPS) is 14.0. The number of aromatic nitrogens is 1. The smallest absolute Gasteiger partial charge is 0.124 e. The van der Waals surface area contributed by atoms with Crippen LogP contribution in [-0.2, 0) is 0 Å². The van der Waals surface area contributed by atoms with Crippen LogP contribution in [-0.4, -0.2) is 11.5 Å². The SMILES string of the molecule is CCNC(c1cc(F)cc(Br)c1)C(C)c1ccccn1. The van der Waals surface area contributed by atoms with Gasteiger partial charge in [0.2, 0.25) is 0 Å². The number of likely N-dealkylation sites (N-methyl/N-ethyl adjacent to an activating group) is 1. The van der Waals surface area contributed by atoms with E-state index in [-0.39, 0.29) is 17.8 Å². The molecule has 0 amide bonds. The number of halogens is 2. The molecule has 0 saturated heterocycles. The molecule has 2 aromatic rings. The Morgan fingerprint density at radius 3 is 2.70 bits per heavy atom. The van der Waals surface area contributed by atoms with Gasteiger partial charge < -0.3 is 5.32 Å². The van der Waals surface area contributed by atoms with Crippen molar-refractivity contribution >= 4 is 15.9 Å². The highest BCUT2D eigenvalue weighted by Crippen LogP contribution is 2.31. The molecule has 2 nitrogen and oxygen atoms in total. The van der Waals surface area contributed by atoms with Crippen molar-refractivity contribution in [2.75, 3.05) is 6.54 Å². The zero-order valence-corrected chi connectivity index (χ0v) is 13.2. The molecular formula is C16H18BrFN2. The summed E-state index contributed by atoms with van der Waals surface area (Å²) in [7, 11) is 0. The second kappa shape index (κ2) is 6.95. The van der Waals surface area contributed by atoms with Gasteiger partial charge in [-0.25, -0.2) is 4.39 Å². The van der Waals surface area contributed by atoms with Crippen molar-refractivity contribution in [1.29, 1.82) is 0 Å². The maximum Gasteiger partial charge on any atom is 0.124 e. The van der Waals surface area contributed by atoms with E-state index in [1.54, 1.807) is 12.3 Å². The van der Waals surface area contributed by atoms with Gasteiger partial charge in [-0.1, -0.05) is 35.8 Å². The van der Waals surface area contributed by atoms with Crippen LogP contribution in [0.1, 0.15) is 37.1 Å². The fraction of sp³-hybridized carbons (Fsp3) is 0.312. The Kier molecular flexibility index (Phi) is 5.26. The Labute approximate surface area is 127 Å². The molecule has 0 spiro atoms. The molecule has 2 rings (SSSR count). The van der Waals surface area contributed by atoms with Crippen LogP contribution in [0.3, 0.4) is 0 Å². The van der Waals surface area contributed by atoms with Gasteiger partial charge in [-0.15, -0.1) is 0 Å². The predicted molar refractivity (Wildman–Crippen MR) is 83.2 cm³/mol. The van der Waals surface area contributed by atoms with Gasteiger partial charge in [0.15, 0.2) is 0 Å². The second-order valence-corrected chi connectivity index (χ2v) is 5.70. The fourth-order valence-electron chi connectivity index (χ4n) is 2.37. The first-order chi connectivity index (χ1) is 9.61. The third kappa shape index (κ3) is 3.64. The zero-order chi connectivity index (χ0) is 14.5. The van der Waals surface area contributed by atoms with Gasteiger partial charge >= 0.3 is 0 Å². The van der Waals surface area contributed by atoms with Crippen molar-refractivity contribution in [1.82, 2.24) is 10.3 Å². The van der Waals surface area contributed by atoms with Crippen molar-refractivity contribution < 1.29 is 4.39 Å². The summed E-state index contributed by atoms with van der Waals surface area (Å²) in [5, 5.41) is 3.42. The molecule has 1 aromatic heterocycles. The van der Waals surface area contributed by atoms with Crippen LogP contribution >= 0.6 is 15.9 Å². The number of nitrogens with one attached hydrogen (secondary N) is 1. The van der Waals surface area contributed by atoms with Gasteiger partial charge in [-0.2, -0.15) is 0 Å². The number of hydrogen-bond donors (Lipinski definition) is 1. The fourth-order valence-corrected chi connectivity index (χ4v) is 2.86. The Balaban J connectivity index is 2.35. The van der Waals surface area contributed by atoms with Gasteiger partial charge in [0.25, 0.3) is 0 Å². The lowest BCUT2D eigenvalue weighted by Crippen LogP contribution is -2.26. The second-order valence-electron chi connectivity index (χ2n) is 4.78. The summed E-state index contributed by atoms with van der Waals surface area (Å²) in [5.74, 6) is -0.0738. The molecule has 0 aliphatic rings. The minimum atomic E-state index is -0.231. The maximum absolute atomic E-state index is 13.6. The maximum atomic E-state index is 13.6. The van der Waals surface area contributed by atoms with Crippen molar-refractivity contribution in [3.05, 3.63) is 64.1 Å². The van der Waals surface area contributed by atoms with E-state index in [0.29, 0.717) is 0 Å². The van der Waals surface area contributed by atoms with Gasteiger partial charge in [0.1, 0.15) is 5.82 Å². The third-order valence-corrected chi connectivity index (χ3v) is 3.78. The first-order valence-electron chi connectivity index (χ1n) is 6.72. The highest BCUT2D eigenvalue weighted by Gasteiger charge is 2.21. The Morgan fingerprint density at radius 1 is 1.30 bits per heavy atom. The van der Waals surface area contributed by atoms with E-state index < -0.39 is 0 Å². The van der Waals surface area contributed by atoms with E-state index >= 15 is 0 Å². The summed E-state index contributed by atoms with van der Waals surface area (Å²) in [4.78, 5) is 4.41. The standard InChI is InChI=1S/C16H18BrFN2/c1-3-19-16(11(2)15-6-4-5-7-20-15)12-8-13(17)10-14(18)9-12/h4-11,16,19H,3H2,1-2H3. The molecule has 0 aliphatic carbocycles. The molecule has 0 saturated carbocycles. The van der Waals surface area contributed by atoms with Gasteiger partial charge in [-0.3, -0.25) is 4.98 Å². The molecule has 2 atom stereocenters. The van der Waals surface area contributed by atoms with E-state index in [4.69, 9.17) is 0 Å². The molecule has 1 aromatic carbocycles. The van der Waals surface area contributed by atoms with Crippen LogP contribution in [0.2, 0.25) is 0 Å². The monoisotopic (exact) mass is 336 g/mol. The molecule has 1 heterocycles. The summed E-state index contributed by atoms with van der Waals surface area (Å²) in [6.45, 7) is 4.97. The molecule has 4 heteroatoms. The molecule has 0 aliphatic heterocycles. The van der Waals surface area contributed by atoms with Crippen molar-refractivity contribution in [3.63, 3.8) is 0 Å². The summed E-state index contributed by atoms with van der Waals surface area (Å²) in [6, 6.07) is 10.9. The van der Waals surface area contributed by atoms with Crippen molar-refractivity contribution in [3.8, 4) is 0 Å². The van der Waals surface area contributed by atoms with E-state index in [2.05, 4.69) is 33.2 Å². The largest absolute Gasteiger partial charge is 0.310 e. The van der Waals surface area contributed by atoms with Crippen LogP contribution < -0.4 is 5.32 Å². The topological polar surface area (TPSA) is 24.9 Å². The summed E-state index contributed by atoms with van der Waals surface area (Å²) in [5.41, 5.74) is 1.93. The van der Waals surface area contributed by atoms with Crippen molar-refractivity contribution in [2.45, 2.75) is 25.8 Å². The van der Waals surface area contributed by atoms with Gasteiger partial charge in [-0.05, 0) is 42.4 Å². The van der Waals surface area contributed by atoms with Crippen LogP contribution in [0.4, 0.5) is 4.39 Å². The lowest BCUT2D eigenvalue weighted by Gasteiger charge is -2.25. The first-order valence-corrected chi connectivity index (χ1v) is 7.51. The Bertz CT molecular complexity index is 539. The third-order valence-electron chi connectivity index (χ3n) is 3.32. The quantitative estimate of drug-likeness (QED) is 0.873. The zero-order valence-electron chi connectivity index (χ0n) is 11.6. The lowest BCUT2D eigenvalue weighted by molar-refractivity contribution is 0.469. The minimum absolute atomic E-state index is 0.0295. The van der Waals surface area contributed by atoms with Crippen LogP contribution in [0.15, 0.2) is 47.1 Å². The highest BCUT2D eigenvalue weighted by molar-refractivity contribution is 9.10. The lowest BCUT2D eigenvalue weighted by atomic mass is 9.91. The Hall–Kier alpha value is -1.26. The molecule has 0 fully saturated rings. The molecule has 1 N–H and O–H groups in total. The average molecular weight is 337 g/mol. The van der Waals surface area contributed by atoms with E-state index in [0.717, 1.165) is 22.3 Å². The van der Waals surface area contributed by atoms with E-state index in [1.165, 1.54) is 6.07 Å². The van der Waals surface area contributed by atoms with Gasteiger partial charge in [0.05, 0.1) is 0 Å². The van der Waals surface area contributed by atoms with E-state index in [9.17, 15) is 4.39 Å². The number of hydrogen-bond acceptors (Lipinski definition) is 2. The molecule has 2 unspecified atom stereocenters. The number of benzene rings is 1. The van der Waals surface area contributed by atoms with Crippen LogP contribution in [0.5, 0.6) is 0 Å². The summed E-state index contributed by atoms with van der Waals surface area (Å²) >= 11 is 3.35. The first kappa shape index (κ1) is 15.1. The molecule has 0 radical (unpaired) electrons. The van der Waals surface area contributed by atoms with Crippen molar-refractivity contribution in [2.24, 2.45) is 0 Å². The summed E-state index contributed by atoms with van der Waals surface area (Å²) in [6.07, 6.45) is 1.79. The van der Waals surface area contributed by atoms with Crippen LogP contribution in [0.25, 0.3) is 0 Å². The average Bonchev–Trinajstić information content (AvgIpc) is 2.44. The number of pyridine rings is 1. The number of rotatable bonds is 5. The molecule has 0 bridgehead atoms. The number of nitrogens with zero attached hydrogens (tertiary/aromatic N) is 1.